The van der Waals surface area contributed by atoms with E-state index >= 15 is 0 Å². The highest BCUT2D eigenvalue weighted by atomic mass is 16.5. The number of hydrogen-bond donors (Lipinski definition) is 1. The second kappa shape index (κ2) is 6.16. The van der Waals surface area contributed by atoms with E-state index in [-0.39, 0.29) is 5.60 Å². The Morgan fingerprint density at radius 3 is 2.56 bits per heavy atom. The number of pyridine rings is 1. The molecule has 0 radical (unpaired) electrons. The molecule has 1 rings (SSSR count). The molecule has 0 unspecified atom stereocenters. The number of aryl methyl sites for hydroxylation is 2. The molecule has 0 aliphatic heterocycles. The summed E-state index contributed by atoms with van der Waals surface area (Å²) >= 11 is 0. The Kier molecular flexibility index (Phi) is 5.11. The summed E-state index contributed by atoms with van der Waals surface area (Å²) < 4.78 is 11.1. The predicted octanol–water partition coefficient (Wildman–Crippen LogP) is 2.35. The van der Waals surface area contributed by atoms with E-state index in [0.29, 0.717) is 19.0 Å². The first-order valence-electron chi connectivity index (χ1n) is 6.25. The van der Waals surface area contributed by atoms with Crippen molar-refractivity contribution in [2.24, 2.45) is 5.73 Å². The van der Waals surface area contributed by atoms with Crippen molar-refractivity contribution >= 4 is 0 Å². The van der Waals surface area contributed by atoms with Crippen LogP contribution in [0.25, 0.3) is 0 Å². The Hall–Kier alpha value is -1.13. The third-order valence-corrected chi connectivity index (χ3v) is 3.14. The van der Waals surface area contributed by atoms with Gasteiger partial charge in [0, 0.05) is 31.3 Å². The summed E-state index contributed by atoms with van der Waals surface area (Å²) in [6, 6.07) is 2.02. The largest absolute Gasteiger partial charge is 0.477 e. The molecule has 0 saturated carbocycles. The molecular weight excluding hydrogens is 228 g/mol. The van der Waals surface area contributed by atoms with E-state index in [1.54, 1.807) is 7.11 Å². The molecule has 0 aliphatic rings. The number of nitrogens with two attached hydrogens (primary N) is 1. The lowest BCUT2D eigenvalue weighted by Gasteiger charge is -2.23. The van der Waals surface area contributed by atoms with Crippen LogP contribution < -0.4 is 10.5 Å². The second-order valence-electron chi connectivity index (χ2n) is 5.13. The second-order valence-corrected chi connectivity index (χ2v) is 5.13. The predicted molar refractivity (Wildman–Crippen MR) is 72.8 cm³/mol. The van der Waals surface area contributed by atoms with E-state index < -0.39 is 0 Å². The average Bonchev–Trinajstić information content (AvgIpc) is 2.28. The van der Waals surface area contributed by atoms with Gasteiger partial charge in [0.15, 0.2) is 0 Å². The number of ether oxygens (including phenoxy) is 2. The van der Waals surface area contributed by atoms with Gasteiger partial charge in [-0.1, -0.05) is 0 Å². The third-order valence-electron chi connectivity index (χ3n) is 3.14. The van der Waals surface area contributed by atoms with Crippen LogP contribution in [-0.4, -0.2) is 24.3 Å². The van der Waals surface area contributed by atoms with Gasteiger partial charge in [0.05, 0.1) is 12.2 Å². The maximum Gasteiger partial charge on any atom is 0.218 e. The van der Waals surface area contributed by atoms with E-state index in [4.69, 9.17) is 15.2 Å². The maximum atomic E-state index is 5.76. The third kappa shape index (κ3) is 3.96. The Balaban J connectivity index is 2.73. The highest BCUT2D eigenvalue weighted by Crippen LogP contribution is 2.21. The van der Waals surface area contributed by atoms with Crippen molar-refractivity contribution in [1.29, 1.82) is 0 Å². The molecular formula is C14H24N2O2. The van der Waals surface area contributed by atoms with Gasteiger partial charge in [-0.3, -0.25) is 0 Å². The van der Waals surface area contributed by atoms with Crippen molar-refractivity contribution in [3.8, 4) is 5.88 Å². The molecule has 4 nitrogen and oxygen atoms in total. The first kappa shape index (κ1) is 14.9. The van der Waals surface area contributed by atoms with Crippen molar-refractivity contribution in [2.75, 3.05) is 13.7 Å². The van der Waals surface area contributed by atoms with Gasteiger partial charge in [-0.2, -0.15) is 0 Å². The number of hydrogen-bond acceptors (Lipinski definition) is 4. The Labute approximate surface area is 110 Å². The molecule has 0 bridgehead atoms. The lowest BCUT2D eigenvalue weighted by molar-refractivity contribution is 0.00499. The van der Waals surface area contributed by atoms with Crippen LogP contribution in [0.2, 0.25) is 0 Å². The van der Waals surface area contributed by atoms with Crippen LogP contribution in [0.1, 0.15) is 37.1 Å². The zero-order chi connectivity index (χ0) is 13.8. The van der Waals surface area contributed by atoms with E-state index in [9.17, 15) is 0 Å². The summed E-state index contributed by atoms with van der Waals surface area (Å²) in [5.41, 5.74) is 8.62. The smallest absolute Gasteiger partial charge is 0.218 e. The molecule has 2 N–H and O–H groups in total. The molecule has 102 valence electrons. The van der Waals surface area contributed by atoms with Gasteiger partial charge >= 0.3 is 0 Å². The number of nitrogens with zero attached hydrogens (tertiary/aromatic N) is 1. The van der Waals surface area contributed by atoms with Gasteiger partial charge in [0.25, 0.3) is 0 Å². The highest BCUT2D eigenvalue weighted by Gasteiger charge is 2.17. The zero-order valence-corrected chi connectivity index (χ0v) is 12.0. The molecule has 18 heavy (non-hydrogen) atoms. The SMILES string of the molecule is COC(C)(C)CCOc1nc(C)cc(C)c1CN. The minimum absolute atomic E-state index is 0.179. The maximum absolute atomic E-state index is 5.76. The summed E-state index contributed by atoms with van der Waals surface area (Å²) in [6.45, 7) is 9.08. The fraction of sp³-hybridized carbons (Fsp3) is 0.643. The Bertz CT molecular complexity index is 403. The van der Waals surface area contributed by atoms with Crippen molar-refractivity contribution in [3.05, 3.63) is 22.9 Å². The van der Waals surface area contributed by atoms with Gasteiger partial charge in [0.2, 0.25) is 5.88 Å². The van der Waals surface area contributed by atoms with Crippen LogP contribution in [0.5, 0.6) is 5.88 Å². The van der Waals surface area contributed by atoms with Crippen LogP contribution in [0.3, 0.4) is 0 Å². The normalized spacial score (nSPS) is 11.7. The molecule has 1 aromatic heterocycles. The van der Waals surface area contributed by atoms with E-state index in [1.165, 1.54) is 0 Å². The molecule has 1 aromatic rings. The number of methoxy groups -OCH3 is 1. The Morgan fingerprint density at radius 2 is 2.00 bits per heavy atom. The van der Waals surface area contributed by atoms with Crippen molar-refractivity contribution < 1.29 is 9.47 Å². The molecule has 1 heterocycles. The van der Waals surface area contributed by atoms with Crippen LogP contribution in [0.15, 0.2) is 6.07 Å². The van der Waals surface area contributed by atoms with Gasteiger partial charge in [-0.15, -0.1) is 0 Å². The molecule has 0 saturated heterocycles. The minimum atomic E-state index is -0.179. The lowest BCUT2D eigenvalue weighted by atomic mass is 10.1. The van der Waals surface area contributed by atoms with Gasteiger partial charge in [0.1, 0.15) is 0 Å². The summed E-state index contributed by atoms with van der Waals surface area (Å²) in [5.74, 6) is 0.655. The first-order valence-corrected chi connectivity index (χ1v) is 6.25. The monoisotopic (exact) mass is 252 g/mol. The molecule has 0 atom stereocenters. The van der Waals surface area contributed by atoms with Crippen LogP contribution in [0.4, 0.5) is 0 Å². The van der Waals surface area contributed by atoms with Gasteiger partial charge < -0.3 is 15.2 Å². The summed E-state index contributed by atoms with van der Waals surface area (Å²) in [5, 5.41) is 0. The topological polar surface area (TPSA) is 57.4 Å². The van der Waals surface area contributed by atoms with Crippen LogP contribution in [0, 0.1) is 13.8 Å². The van der Waals surface area contributed by atoms with E-state index in [2.05, 4.69) is 4.98 Å². The summed E-state index contributed by atoms with van der Waals surface area (Å²) in [6.07, 6.45) is 0.808. The zero-order valence-electron chi connectivity index (χ0n) is 12.0. The van der Waals surface area contributed by atoms with Crippen molar-refractivity contribution in [2.45, 2.75) is 46.3 Å². The summed E-state index contributed by atoms with van der Waals surface area (Å²) in [7, 11) is 1.71. The summed E-state index contributed by atoms with van der Waals surface area (Å²) in [4.78, 5) is 4.41. The molecule has 0 amide bonds. The number of rotatable bonds is 6. The highest BCUT2D eigenvalue weighted by molar-refractivity contribution is 5.35. The van der Waals surface area contributed by atoms with E-state index in [1.807, 2.05) is 33.8 Å². The Morgan fingerprint density at radius 1 is 1.33 bits per heavy atom. The van der Waals surface area contributed by atoms with E-state index in [0.717, 1.165) is 23.2 Å². The standard InChI is InChI=1S/C14H24N2O2/c1-10-8-11(2)16-13(12(10)9-15)18-7-6-14(3,4)17-5/h8H,6-7,9,15H2,1-5H3. The van der Waals surface area contributed by atoms with Crippen LogP contribution in [-0.2, 0) is 11.3 Å². The molecule has 4 heteroatoms. The fourth-order valence-electron chi connectivity index (χ4n) is 1.69. The molecule has 0 fully saturated rings. The molecule has 0 aromatic carbocycles. The van der Waals surface area contributed by atoms with Gasteiger partial charge in [-0.05, 0) is 39.3 Å². The molecule has 0 spiro atoms. The minimum Gasteiger partial charge on any atom is -0.477 e. The van der Waals surface area contributed by atoms with Gasteiger partial charge in [-0.25, -0.2) is 4.98 Å². The van der Waals surface area contributed by atoms with Crippen molar-refractivity contribution in [3.63, 3.8) is 0 Å². The fourth-order valence-corrected chi connectivity index (χ4v) is 1.69. The lowest BCUT2D eigenvalue weighted by Crippen LogP contribution is -2.25. The van der Waals surface area contributed by atoms with Crippen molar-refractivity contribution in [1.82, 2.24) is 4.98 Å². The quantitative estimate of drug-likeness (QED) is 0.844. The average molecular weight is 252 g/mol. The first-order chi connectivity index (χ1) is 8.39. The van der Waals surface area contributed by atoms with Crippen LogP contribution >= 0.6 is 0 Å². The number of aromatic nitrogens is 1. The molecule has 0 aliphatic carbocycles.